The van der Waals surface area contributed by atoms with E-state index in [1.54, 1.807) is 12.1 Å². The lowest BCUT2D eigenvalue weighted by molar-refractivity contribution is 0.190. The van der Waals surface area contributed by atoms with Gasteiger partial charge in [-0.05, 0) is 36.2 Å². The summed E-state index contributed by atoms with van der Waals surface area (Å²) in [7, 11) is -2.39. The van der Waals surface area contributed by atoms with Crippen LogP contribution in [0.1, 0.15) is 5.56 Å². The third kappa shape index (κ3) is 4.63. The van der Waals surface area contributed by atoms with Crippen molar-refractivity contribution < 1.29 is 21.9 Å². The van der Waals surface area contributed by atoms with Crippen LogP contribution in [0.15, 0.2) is 47.4 Å². The fourth-order valence-corrected chi connectivity index (χ4v) is 4.52. The summed E-state index contributed by atoms with van der Waals surface area (Å²) in [6.45, 7) is 2.73. The first-order valence-electron chi connectivity index (χ1n) is 8.70. The smallest absolute Gasteiger partial charge is 0.243 e. The van der Waals surface area contributed by atoms with Gasteiger partial charge in [0, 0.05) is 38.8 Å². The Labute approximate surface area is 158 Å². The van der Waals surface area contributed by atoms with Crippen molar-refractivity contribution in [1.29, 1.82) is 0 Å². The van der Waals surface area contributed by atoms with Crippen LogP contribution in [0.2, 0.25) is 0 Å². The second kappa shape index (κ2) is 8.33. The molecule has 0 bridgehead atoms. The van der Waals surface area contributed by atoms with Gasteiger partial charge >= 0.3 is 0 Å². The number of benzene rings is 2. The molecule has 3 rings (SSSR count). The van der Waals surface area contributed by atoms with Gasteiger partial charge in [0.15, 0.2) is 11.6 Å². The molecule has 0 atom stereocenters. The molecule has 1 heterocycles. The molecule has 5 nitrogen and oxygen atoms in total. The number of halogens is 2. The topological polar surface area (TPSA) is 49.9 Å². The molecule has 27 heavy (non-hydrogen) atoms. The molecule has 0 N–H and O–H groups in total. The Morgan fingerprint density at radius 3 is 2.30 bits per heavy atom. The summed E-state index contributed by atoms with van der Waals surface area (Å²) < 4.78 is 58.3. The van der Waals surface area contributed by atoms with Crippen LogP contribution < -0.4 is 4.74 Å². The highest BCUT2D eigenvalue weighted by atomic mass is 32.2. The molecule has 1 aliphatic rings. The Kier molecular flexibility index (Phi) is 6.08. The van der Waals surface area contributed by atoms with E-state index >= 15 is 0 Å². The number of rotatable bonds is 6. The molecule has 0 aromatic heterocycles. The molecule has 0 spiro atoms. The van der Waals surface area contributed by atoms with Gasteiger partial charge in [0.05, 0.1) is 12.0 Å². The van der Waals surface area contributed by atoms with Crippen molar-refractivity contribution in [2.75, 3.05) is 39.8 Å². The van der Waals surface area contributed by atoms with E-state index in [1.165, 1.54) is 35.7 Å². The second-order valence-corrected chi connectivity index (χ2v) is 8.36. The van der Waals surface area contributed by atoms with E-state index in [9.17, 15) is 17.2 Å². The molecule has 1 fully saturated rings. The summed E-state index contributed by atoms with van der Waals surface area (Å²) in [4.78, 5) is 2.21. The van der Waals surface area contributed by atoms with E-state index in [1.807, 2.05) is 0 Å². The van der Waals surface area contributed by atoms with Crippen LogP contribution in [0.25, 0.3) is 0 Å². The maximum Gasteiger partial charge on any atom is 0.243 e. The van der Waals surface area contributed by atoms with E-state index in [-0.39, 0.29) is 16.5 Å². The number of piperazine rings is 1. The highest BCUT2D eigenvalue weighted by molar-refractivity contribution is 7.89. The van der Waals surface area contributed by atoms with Crippen LogP contribution in [0, 0.1) is 11.6 Å². The summed E-state index contributed by atoms with van der Waals surface area (Å²) in [5.74, 6) is -0.939. The summed E-state index contributed by atoms with van der Waals surface area (Å²) in [5.41, 5.74) is 1.05. The number of methoxy groups -OCH3 is 1. The normalized spacial score (nSPS) is 16.4. The van der Waals surface area contributed by atoms with Crippen molar-refractivity contribution in [1.82, 2.24) is 9.21 Å². The van der Waals surface area contributed by atoms with Crippen molar-refractivity contribution in [2.24, 2.45) is 0 Å². The first-order valence-corrected chi connectivity index (χ1v) is 10.1. The van der Waals surface area contributed by atoms with Gasteiger partial charge in [0.25, 0.3) is 0 Å². The third-order valence-electron chi connectivity index (χ3n) is 4.72. The fraction of sp³-hybridized carbons (Fsp3) is 0.368. The van der Waals surface area contributed by atoms with Gasteiger partial charge in [-0.25, -0.2) is 17.2 Å². The summed E-state index contributed by atoms with van der Waals surface area (Å²) in [5, 5.41) is 0. The molecule has 2 aromatic rings. The maximum absolute atomic E-state index is 13.5. The monoisotopic (exact) mass is 396 g/mol. The van der Waals surface area contributed by atoms with Crippen molar-refractivity contribution >= 4 is 10.0 Å². The summed E-state index contributed by atoms with van der Waals surface area (Å²) in [6.07, 6.45) is 0.780. The van der Waals surface area contributed by atoms with Crippen molar-refractivity contribution in [3.05, 3.63) is 59.7 Å². The van der Waals surface area contributed by atoms with Crippen LogP contribution in [0.4, 0.5) is 8.78 Å². The van der Waals surface area contributed by atoms with Crippen LogP contribution in [-0.2, 0) is 16.4 Å². The molecular weight excluding hydrogens is 374 g/mol. The van der Waals surface area contributed by atoms with Crippen LogP contribution in [-0.4, -0.2) is 57.5 Å². The van der Waals surface area contributed by atoms with Gasteiger partial charge in [-0.3, -0.25) is 0 Å². The number of ether oxygens (including phenoxy) is 1. The van der Waals surface area contributed by atoms with E-state index in [4.69, 9.17) is 4.74 Å². The standard InChI is InChI=1S/C19H22F2N2O3S/c1-26-19-14-17(6-7-18(19)21)27(24,25)23-12-10-22(11-13-23)9-8-15-2-4-16(20)5-3-15/h2-7,14H,8-13H2,1H3. The zero-order valence-electron chi connectivity index (χ0n) is 15.1. The molecule has 0 amide bonds. The summed E-state index contributed by atoms with van der Waals surface area (Å²) in [6, 6.07) is 9.98. The molecule has 146 valence electrons. The average molecular weight is 396 g/mol. The predicted octanol–water partition coefficient (Wildman–Crippen LogP) is 2.52. The Bertz CT molecular complexity index is 880. The molecule has 8 heteroatoms. The van der Waals surface area contributed by atoms with Gasteiger partial charge in [-0.1, -0.05) is 12.1 Å². The Morgan fingerprint density at radius 1 is 1.00 bits per heavy atom. The zero-order valence-corrected chi connectivity index (χ0v) is 15.9. The van der Waals surface area contributed by atoms with Crippen LogP contribution >= 0.6 is 0 Å². The van der Waals surface area contributed by atoms with Gasteiger partial charge in [0.2, 0.25) is 10.0 Å². The van der Waals surface area contributed by atoms with Gasteiger partial charge in [0.1, 0.15) is 5.82 Å². The van der Waals surface area contributed by atoms with Crippen LogP contribution in [0.3, 0.4) is 0 Å². The molecule has 1 aliphatic heterocycles. The first kappa shape index (κ1) is 19.7. The second-order valence-electron chi connectivity index (χ2n) is 6.42. The quantitative estimate of drug-likeness (QED) is 0.753. The number of nitrogens with zero attached hydrogens (tertiary/aromatic N) is 2. The molecule has 0 unspecified atom stereocenters. The predicted molar refractivity (Wildman–Crippen MR) is 98.3 cm³/mol. The van der Waals surface area contributed by atoms with E-state index in [2.05, 4.69) is 4.90 Å². The van der Waals surface area contributed by atoms with Crippen molar-refractivity contribution in [3.8, 4) is 5.75 Å². The minimum absolute atomic E-state index is 0.0283. The summed E-state index contributed by atoms with van der Waals surface area (Å²) >= 11 is 0. The van der Waals surface area contributed by atoms with E-state index < -0.39 is 15.8 Å². The van der Waals surface area contributed by atoms with Gasteiger partial charge in [-0.2, -0.15) is 4.31 Å². The molecule has 0 radical (unpaired) electrons. The van der Waals surface area contributed by atoms with Crippen molar-refractivity contribution in [3.63, 3.8) is 0 Å². The highest BCUT2D eigenvalue weighted by Crippen LogP contribution is 2.24. The van der Waals surface area contributed by atoms with E-state index in [0.29, 0.717) is 26.2 Å². The minimum atomic E-state index is -3.69. The number of sulfonamides is 1. The highest BCUT2D eigenvalue weighted by Gasteiger charge is 2.29. The molecule has 0 aliphatic carbocycles. The lowest BCUT2D eigenvalue weighted by Gasteiger charge is -2.34. The van der Waals surface area contributed by atoms with Gasteiger partial charge < -0.3 is 9.64 Å². The number of hydrogen-bond acceptors (Lipinski definition) is 4. The van der Waals surface area contributed by atoms with Gasteiger partial charge in [-0.15, -0.1) is 0 Å². The largest absolute Gasteiger partial charge is 0.494 e. The third-order valence-corrected chi connectivity index (χ3v) is 6.62. The molecule has 1 saturated heterocycles. The Hall–Kier alpha value is -2.03. The zero-order chi connectivity index (χ0) is 19.4. The van der Waals surface area contributed by atoms with Crippen LogP contribution in [0.5, 0.6) is 5.75 Å². The first-order chi connectivity index (χ1) is 12.9. The molecule has 2 aromatic carbocycles. The van der Waals surface area contributed by atoms with Crippen molar-refractivity contribution in [2.45, 2.75) is 11.3 Å². The van der Waals surface area contributed by atoms with E-state index in [0.717, 1.165) is 24.6 Å². The lowest BCUT2D eigenvalue weighted by atomic mass is 10.1. The SMILES string of the molecule is COc1cc(S(=O)(=O)N2CCN(CCc3ccc(F)cc3)CC2)ccc1F. The Balaban J connectivity index is 1.58. The molecule has 0 saturated carbocycles. The molecular formula is C19H22F2N2O3S. The average Bonchev–Trinajstić information content (AvgIpc) is 2.68. The fourth-order valence-electron chi connectivity index (χ4n) is 3.08. The Morgan fingerprint density at radius 2 is 1.67 bits per heavy atom. The number of hydrogen-bond donors (Lipinski definition) is 0. The minimum Gasteiger partial charge on any atom is -0.494 e. The maximum atomic E-state index is 13.5. The lowest BCUT2D eigenvalue weighted by Crippen LogP contribution is -2.49.